The molecule has 2 aromatic carbocycles. The molecule has 0 heterocycles. The number of amides is 1. The highest BCUT2D eigenvalue weighted by atomic mass is 28.4. The van der Waals surface area contributed by atoms with Crippen LogP contribution in [0.4, 0.5) is 0 Å². The van der Waals surface area contributed by atoms with E-state index in [1.807, 2.05) is 60.7 Å². The Labute approximate surface area is 254 Å². The molecule has 0 saturated carbocycles. The third-order valence-corrected chi connectivity index (χ3v) is 17.9. The molecular weight excluding hydrogens is 567 g/mol. The van der Waals surface area contributed by atoms with Gasteiger partial charge in [-0.15, -0.1) is 0 Å². The normalized spacial score (nSPS) is 15.0. The number of aliphatic hydroxyl groups is 1. The van der Waals surface area contributed by atoms with E-state index in [4.69, 9.17) is 18.4 Å². The molecule has 8 nitrogen and oxygen atoms in total. The lowest BCUT2D eigenvalue weighted by Crippen LogP contribution is -2.69. The number of esters is 1. The van der Waals surface area contributed by atoms with E-state index in [0.29, 0.717) is 0 Å². The van der Waals surface area contributed by atoms with Gasteiger partial charge in [0.2, 0.25) is 5.91 Å². The average Bonchev–Trinajstić information content (AvgIpc) is 2.92. The van der Waals surface area contributed by atoms with Crippen LogP contribution in [0.25, 0.3) is 0 Å². The van der Waals surface area contributed by atoms with Gasteiger partial charge in [0.05, 0.1) is 32.8 Å². The van der Waals surface area contributed by atoms with E-state index >= 15 is 0 Å². The minimum absolute atomic E-state index is 0.00618. The van der Waals surface area contributed by atoms with Crippen LogP contribution >= 0.6 is 0 Å². The zero-order valence-electron chi connectivity index (χ0n) is 27.3. The van der Waals surface area contributed by atoms with Crippen molar-refractivity contribution >= 4 is 38.9 Å². The van der Waals surface area contributed by atoms with Crippen LogP contribution in [0.15, 0.2) is 60.7 Å². The molecule has 10 heteroatoms. The Morgan fingerprint density at radius 2 is 1.31 bits per heavy atom. The molecule has 0 saturated heterocycles. The van der Waals surface area contributed by atoms with Crippen molar-refractivity contribution in [1.82, 2.24) is 5.06 Å². The summed E-state index contributed by atoms with van der Waals surface area (Å²) in [6.07, 6.45) is -3.34. The van der Waals surface area contributed by atoms with E-state index in [0.717, 1.165) is 15.4 Å². The molecule has 0 unspecified atom stereocenters. The number of methoxy groups -OCH3 is 1. The van der Waals surface area contributed by atoms with Crippen LogP contribution in [-0.2, 0) is 28.0 Å². The summed E-state index contributed by atoms with van der Waals surface area (Å²) in [6, 6.07) is 19.8. The number of ether oxygens (including phenoxy) is 1. The number of benzene rings is 2. The molecule has 0 aliphatic rings. The number of aliphatic hydroxyl groups excluding tert-OH is 1. The Morgan fingerprint density at radius 1 is 0.833 bits per heavy atom. The van der Waals surface area contributed by atoms with Gasteiger partial charge in [0.25, 0.3) is 8.32 Å². The predicted octanol–water partition coefficient (Wildman–Crippen LogP) is 4.66. The number of rotatable bonds is 13. The summed E-state index contributed by atoms with van der Waals surface area (Å²) >= 11 is 0. The second-order valence-electron chi connectivity index (χ2n) is 13.3. The van der Waals surface area contributed by atoms with E-state index in [1.54, 1.807) is 0 Å². The molecule has 234 valence electrons. The van der Waals surface area contributed by atoms with Crippen molar-refractivity contribution in [2.45, 2.75) is 95.9 Å². The summed E-state index contributed by atoms with van der Waals surface area (Å²) in [6.45, 7) is 16.8. The van der Waals surface area contributed by atoms with Gasteiger partial charge in [0, 0.05) is 13.5 Å². The minimum Gasteiger partial charge on any atom is -0.467 e. The second-order valence-corrected chi connectivity index (χ2v) is 22.3. The number of nitrogens with zero attached hydrogens (tertiary/aromatic N) is 1. The molecule has 0 fully saturated rings. The van der Waals surface area contributed by atoms with Crippen LogP contribution in [-0.4, -0.2) is 78.3 Å². The summed E-state index contributed by atoms with van der Waals surface area (Å²) in [5.74, 6) is -0.974. The lowest BCUT2D eigenvalue weighted by Gasteiger charge is -2.45. The van der Waals surface area contributed by atoms with Crippen molar-refractivity contribution in [2.75, 3.05) is 21.3 Å². The first kappa shape index (κ1) is 35.8. The fourth-order valence-corrected chi connectivity index (χ4v) is 10.9. The first-order chi connectivity index (χ1) is 19.4. The van der Waals surface area contributed by atoms with E-state index in [2.05, 4.69) is 54.6 Å². The SMILES string of the molecule is COC(=O)[C@@H](O[Si](c1ccccc1)(c1ccccc1)C(C)(C)C)[C@H](O)C[C@@H](CC(=O)N(C)OC)O[Si](C)(C)C(C)(C)C. The fourth-order valence-electron chi connectivity index (χ4n) is 4.87. The van der Waals surface area contributed by atoms with Gasteiger partial charge in [-0.2, -0.15) is 0 Å². The summed E-state index contributed by atoms with van der Waals surface area (Å²) in [5, 5.41) is 14.3. The molecule has 1 amide bonds. The molecule has 0 radical (unpaired) electrons. The highest BCUT2D eigenvalue weighted by Gasteiger charge is 2.54. The molecule has 0 bridgehead atoms. The van der Waals surface area contributed by atoms with Crippen LogP contribution in [0.2, 0.25) is 23.2 Å². The molecule has 0 aliphatic heterocycles. The highest BCUT2D eigenvalue weighted by molar-refractivity contribution is 6.99. The average molecular weight is 618 g/mol. The highest BCUT2D eigenvalue weighted by Crippen LogP contribution is 2.40. The zero-order chi connectivity index (χ0) is 31.9. The predicted molar refractivity (Wildman–Crippen MR) is 172 cm³/mol. The van der Waals surface area contributed by atoms with Gasteiger partial charge in [-0.3, -0.25) is 9.63 Å². The first-order valence-electron chi connectivity index (χ1n) is 14.4. The largest absolute Gasteiger partial charge is 0.467 e. The van der Waals surface area contributed by atoms with Gasteiger partial charge in [-0.1, -0.05) is 102 Å². The first-order valence-corrected chi connectivity index (χ1v) is 19.3. The Kier molecular flexibility index (Phi) is 12.3. The second kappa shape index (κ2) is 14.4. The van der Waals surface area contributed by atoms with E-state index < -0.39 is 46.0 Å². The molecule has 0 aromatic heterocycles. The quantitative estimate of drug-likeness (QED) is 0.199. The molecule has 1 N–H and O–H groups in total. The summed E-state index contributed by atoms with van der Waals surface area (Å²) < 4.78 is 18.9. The monoisotopic (exact) mass is 617 g/mol. The van der Waals surface area contributed by atoms with Crippen LogP contribution in [0.3, 0.4) is 0 Å². The Balaban J connectivity index is 2.62. The van der Waals surface area contributed by atoms with Crippen molar-refractivity contribution < 1.29 is 33.1 Å². The maximum absolute atomic E-state index is 13.4. The van der Waals surface area contributed by atoms with Crippen molar-refractivity contribution in [1.29, 1.82) is 0 Å². The Morgan fingerprint density at radius 3 is 1.69 bits per heavy atom. The maximum atomic E-state index is 13.4. The molecule has 0 spiro atoms. The lowest BCUT2D eigenvalue weighted by atomic mass is 10.0. The van der Waals surface area contributed by atoms with E-state index in [-0.39, 0.29) is 23.8 Å². The van der Waals surface area contributed by atoms with Gasteiger partial charge in [-0.05, 0) is 33.5 Å². The maximum Gasteiger partial charge on any atom is 0.336 e. The van der Waals surface area contributed by atoms with Gasteiger partial charge in [0.1, 0.15) is 0 Å². The third-order valence-electron chi connectivity index (χ3n) is 8.30. The van der Waals surface area contributed by atoms with Gasteiger partial charge < -0.3 is 18.7 Å². The van der Waals surface area contributed by atoms with Crippen molar-refractivity contribution in [3.63, 3.8) is 0 Å². The standard InChI is InChI=1S/C32H51NO7Si2/c1-31(2,3)41(10,11)39-24(23-28(35)33(7)38-9)22-27(34)29(30(36)37-8)40-42(32(4,5)6,25-18-14-12-15-19-25)26-20-16-13-17-21-26/h12-21,24,27,29,34H,22-23H2,1-11H3/t24-,27+,29-/m0/s1. The summed E-state index contributed by atoms with van der Waals surface area (Å²) in [5.41, 5.74) is 0. The van der Waals surface area contributed by atoms with Crippen LogP contribution < -0.4 is 10.4 Å². The van der Waals surface area contributed by atoms with Gasteiger partial charge in [-0.25, -0.2) is 9.86 Å². The lowest BCUT2D eigenvalue weighted by molar-refractivity contribution is -0.171. The minimum atomic E-state index is -3.23. The van der Waals surface area contributed by atoms with Crippen molar-refractivity contribution in [2.24, 2.45) is 0 Å². The van der Waals surface area contributed by atoms with Gasteiger partial charge in [0.15, 0.2) is 14.4 Å². The molecule has 42 heavy (non-hydrogen) atoms. The van der Waals surface area contributed by atoms with Crippen molar-refractivity contribution in [3.8, 4) is 0 Å². The third kappa shape index (κ3) is 8.39. The summed E-state index contributed by atoms with van der Waals surface area (Å²) in [7, 11) is -1.36. The number of hydrogen-bond donors (Lipinski definition) is 1. The zero-order valence-corrected chi connectivity index (χ0v) is 29.3. The van der Waals surface area contributed by atoms with Crippen LogP contribution in [0.1, 0.15) is 54.4 Å². The molecule has 2 aromatic rings. The van der Waals surface area contributed by atoms with E-state index in [9.17, 15) is 14.7 Å². The number of hydrogen-bond acceptors (Lipinski definition) is 7. The smallest absolute Gasteiger partial charge is 0.336 e. The number of carbonyl (C=O) groups excluding carboxylic acids is 2. The summed E-state index contributed by atoms with van der Waals surface area (Å²) in [4.78, 5) is 31.4. The number of carbonyl (C=O) groups is 2. The Bertz CT molecular complexity index is 1110. The molecule has 0 aliphatic carbocycles. The van der Waals surface area contributed by atoms with Gasteiger partial charge >= 0.3 is 5.97 Å². The number of hydroxylamine groups is 2. The van der Waals surface area contributed by atoms with Crippen LogP contribution in [0, 0.1) is 0 Å². The topological polar surface area (TPSA) is 94.5 Å². The van der Waals surface area contributed by atoms with Crippen molar-refractivity contribution in [3.05, 3.63) is 60.7 Å². The molecular formula is C32H51NO7Si2. The molecule has 3 atom stereocenters. The van der Waals surface area contributed by atoms with E-state index in [1.165, 1.54) is 21.3 Å². The fraction of sp³-hybridized carbons (Fsp3) is 0.562. The van der Waals surface area contributed by atoms with Crippen LogP contribution in [0.5, 0.6) is 0 Å². The molecule has 2 rings (SSSR count). The Hall–Kier alpha value is -2.35.